The first-order valence-electron chi connectivity index (χ1n) is 7.47. The van der Waals surface area contributed by atoms with Crippen molar-refractivity contribution in [3.8, 4) is 0 Å². The van der Waals surface area contributed by atoms with Crippen LogP contribution < -0.4 is 5.73 Å². The zero-order valence-electron chi connectivity index (χ0n) is 13.4. The minimum Gasteiger partial charge on any atom is -0.366 e. The van der Waals surface area contributed by atoms with Gasteiger partial charge in [-0.3, -0.25) is 9.59 Å². The molecule has 0 radical (unpaired) electrons. The van der Waals surface area contributed by atoms with Gasteiger partial charge in [0.05, 0.1) is 16.8 Å². The Balaban J connectivity index is 1.81. The van der Waals surface area contributed by atoms with E-state index in [0.29, 0.717) is 16.2 Å². The Labute approximate surface area is 143 Å². The highest BCUT2D eigenvalue weighted by atomic mass is 32.2. The van der Waals surface area contributed by atoms with E-state index >= 15 is 0 Å². The molecule has 1 heterocycles. The van der Waals surface area contributed by atoms with Gasteiger partial charge in [0.2, 0.25) is 0 Å². The highest BCUT2D eigenvalue weighted by Crippen LogP contribution is 2.23. The number of aromatic nitrogens is 2. The Morgan fingerprint density at radius 3 is 2.71 bits per heavy atom. The first kappa shape index (κ1) is 16.3. The Morgan fingerprint density at radius 2 is 1.96 bits per heavy atom. The number of carbonyl (C=O) groups is 2. The number of nitrogens with zero attached hydrogens (tertiary/aromatic N) is 1. The van der Waals surface area contributed by atoms with Gasteiger partial charge in [0, 0.05) is 5.56 Å². The van der Waals surface area contributed by atoms with Crippen LogP contribution in [0.25, 0.3) is 11.0 Å². The molecule has 6 heteroatoms. The van der Waals surface area contributed by atoms with E-state index in [1.807, 2.05) is 38.1 Å². The van der Waals surface area contributed by atoms with Gasteiger partial charge in [0.25, 0.3) is 5.91 Å². The van der Waals surface area contributed by atoms with Crippen molar-refractivity contribution in [2.24, 2.45) is 5.73 Å². The number of benzene rings is 2. The van der Waals surface area contributed by atoms with Crippen molar-refractivity contribution in [1.29, 1.82) is 0 Å². The number of fused-ring (bicyclic) bond motifs is 1. The van der Waals surface area contributed by atoms with Crippen LogP contribution in [0.4, 0.5) is 0 Å². The van der Waals surface area contributed by atoms with Crippen LogP contribution in [0.15, 0.2) is 41.6 Å². The Bertz CT molecular complexity index is 947. The highest BCUT2D eigenvalue weighted by Gasteiger charge is 2.14. The quantitative estimate of drug-likeness (QED) is 0.551. The van der Waals surface area contributed by atoms with Gasteiger partial charge in [-0.25, -0.2) is 4.98 Å². The van der Waals surface area contributed by atoms with Crippen molar-refractivity contribution in [2.75, 3.05) is 5.75 Å². The summed E-state index contributed by atoms with van der Waals surface area (Å²) >= 11 is 1.32. The number of para-hydroxylation sites is 1. The molecule has 1 amide bonds. The molecule has 24 heavy (non-hydrogen) atoms. The standard InChI is InChI=1S/C18H17N3O2S/c1-10-6-7-11(2)13(8-10)15(22)9-24-18-20-14-5-3-4-12(17(19)23)16(14)21-18/h3-8H,9H2,1-2H3,(H2,19,23)(H,20,21). The summed E-state index contributed by atoms with van der Waals surface area (Å²) in [5.41, 5.74) is 9.76. The first-order valence-corrected chi connectivity index (χ1v) is 8.46. The Morgan fingerprint density at radius 1 is 1.17 bits per heavy atom. The van der Waals surface area contributed by atoms with Gasteiger partial charge in [0.1, 0.15) is 5.52 Å². The third-order valence-electron chi connectivity index (χ3n) is 3.79. The number of hydrogen-bond acceptors (Lipinski definition) is 4. The second-order valence-electron chi connectivity index (χ2n) is 5.64. The number of thioether (sulfide) groups is 1. The van der Waals surface area contributed by atoms with Crippen LogP contribution in [0.1, 0.15) is 31.8 Å². The molecule has 122 valence electrons. The molecule has 0 unspecified atom stereocenters. The number of primary amides is 1. The van der Waals surface area contributed by atoms with E-state index < -0.39 is 5.91 Å². The minimum atomic E-state index is -0.518. The largest absolute Gasteiger partial charge is 0.366 e. The summed E-state index contributed by atoms with van der Waals surface area (Å²) in [5, 5.41) is 0.595. The summed E-state index contributed by atoms with van der Waals surface area (Å²) < 4.78 is 0. The SMILES string of the molecule is Cc1ccc(C)c(C(=O)CSc2nc3c(C(N)=O)cccc3[nH]2)c1. The van der Waals surface area contributed by atoms with Gasteiger partial charge >= 0.3 is 0 Å². The van der Waals surface area contributed by atoms with E-state index in [4.69, 9.17) is 5.73 Å². The van der Waals surface area contributed by atoms with Crippen LogP contribution >= 0.6 is 11.8 Å². The summed E-state index contributed by atoms with van der Waals surface area (Å²) in [6, 6.07) is 11.1. The van der Waals surface area contributed by atoms with Crippen LogP contribution in [0.3, 0.4) is 0 Å². The van der Waals surface area contributed by atoms with Gasteiger partial charge in [-0.05, 0) is 37.6 Å². The predicted molar refractivity (Wildman–Crippen MR) is 95.6 cm³/mol. The van der Waals surface area contributed by atoms with Crippen molar-refractivity contribution < 1.29 is 9.59 Å². The molecule has 0 fully saturated rings. The van der Waals surface area contributed by atoms with Gasteiger partial charge in [0.15, 0.2) is 10.9 Å². The van der Waals surface area contributed by atoms with Crippen LogP contribution in [0, 0.1) is 13.8 Å². The van der Waals surface area contributed by atoms with Crippen LogP contribution in [0.5, 0.6) is 0 Å². The minimum absolute atomic E-state index is 0.0526. The maximum atomic E-state index is 12.4. The molecule has 2 aromatic carbocycles. The number of aromatic amines is 1. The first-order chi connectivity index (χ1) is 11.5. The number of amides is 1. The van der Waals surface area contributed by atoms with Crippen molar-refractivity contribution in [2.45, 2.75) is 19.0 Å². The lowest BCUT2D eigenvalue weighted by atomic mass is 10.0. The highest BCUT2D eigenvalue weighted by molar-refractivity contribution is 7.99. The number of rotatable bonds is 5. The smallest absolute Gasteiger partial charge is 0.250 e. The number of hydrogen-bond donors (Lipinski definition) is 2. The molecule has 0 bridgehead atoms. The van der Waals surface area contributed by atoms with E-state index in [-0.39, 0.29) is 11.5 Å². The van der Waals surface area contributed by atoms with Crippen LogP contribution in [-0.2, 0) is 0 Å². The zero-order valence-corrected chi connectivity index (χ0v) is 14.2. The second-order valence-corrected chi connectivity index (χ2v) is 6.60. The number of imidazole rings is 1. The zero-order chi connectivity index (χ0) is 17.3. The van der Waals surface area contributed by atoms with E-state index in [1.54, 1.807) is 12.1 Å². The maximum Gasteiger partial charge on any atom is 0.250 e. The lowest BCUT2D eigenvalue weighted by molar-refractivity contribution is 0.0998. The fourth-order valence-corrected chi connectivity index (χ4v) is 3.29. The van der Waals surface area contributed by atoms with Gasteiger partial charge in [-0.1, -0.05) is 35.5 Å². The molecular weight excluding hydrogens is 322 g/mol. The summed E-state index contributed by atoms with van der Waals surface area (Å²) in [6.45, 7) is 3.89. The number of ketones is 1. The number of aryl methyl sites for hydroxylation is 2. The Kier molecular flexibility index (Phi) is 4.40. The average Bonchev–Trinajstić information content (AvgIpc) is 2.97. The number of H-pyrrole nitrogens is 1. The molecule has 0 aliphatic carbocycles. The van der Waals surface area contributed by atoms with E-state index in [1.165, 1.54) is 11.8 Å². The summed E-state index contributed by atoms with van der Waals surface area (Å²) in [4.78, 5) is 31.4. The molecule has 0 aliphatic rings. The molecule has 3 N–H and O–H groups in total. The van der Waals surface area contributed by atoms with Gasteiger partial charge < -0.3 is 10.7 Å². The average molecular weight is 339 g/mol. The van der Waals surface area contributed by atoms with Gasteiger partial charge in [-0.2, -0.15) is 0 Å². The Hall–Kier alpha value is -2.60. The lowest BCUT2D eigenvalue weighted by Gasteiger charge is -2.05. The second kappa shape index (κ2) is 6.49. The number of nitrogens with two attached hydrogens (primary N) is 1. The summed E-state index contributed by atoms with van der Waals surface area (Å²) in [5.74, 6) is -0.192. The topological polar surface area (TPSA) is 88.8 Å². The van der Waals surface area contributed by atoms with Crippen molar-refractivity contribution in [3.05, 3.63) is 58.7 Å². The van der Waals surface area contributed by atoms with E-state index in [2.05, 4.69) is 9.97 Å². The third kappa shape index (κ3) is 3.19. The molecule has 1 aromatic heterocycles. The fraction of sp³-hybridized carbons (Fsp3) is 0.167. The van der Waals surface area contributed by atoms with Gasteiger partial charge in [-0.15, -0.1) is 0 Å². The lowest BCUT2D eigenvalue weighted by Crippen LogP contribution is -2.11. The van der Waals surface area contributed by atoms with Crippen LogP contribution in [-0.4, -0.2) is 27.4 Å². The molecule has 3 aromatic rings. The normalized spacial score (nSPS) is 10.9. The third-order valence-corrected chi connectivity index (χ3v) is 4.66. The predicted octanol–water partition coefficient (Wildman–Crippen LogP) is 3.25. The van der Waals surface area contributed by atoms with Crippen molar-refractivity contribution >= 4 is 34.5 Å². The summed E-state index contributed by atoms with van der Waals surface area (Å²) in [7, 11) is 0. The number of Topliss-reactive ketones (excluding diaryl/α,β-unsaturated/α-hetero) is 1. The number of nitrogens with one attached hydrogen (secondary N) is 1. The van der Waals surface area contributed by atoms with Crippen LogP contribution in [0.2, 0.25) is 0 Å². The summed E-state index contributed by atoms with van der Waals surface area (Å²) in [6.07, 6.45) is 0. The molecule has 3 rings (SSSR count). The molecule has 0 spiro atoms. The van der Waals surface area contributed by atoms with E-state index in [9.17, 15) is 9.59 Å². The molecule has 0 atom stereocenters. The maximum absolute atomic E-state index is 12.4. The van der Waals surface area contributed by atoms with Crippen molar-refractivity contribution in [1.82, 2.24) is 9.97 Å². The molecular formula is C18H17N3O2S. The monoisotopic (exact) mass is 339 g/mol. The molecule has 5 nitrogen and oxygen atoms in total. The number of carbonyl (C=O) groups excluding carboxylic acids is 2. The van der Waals surface area contributed by atoms with E-state index in [0.717, 1.165) is 22.2 Å². The molecule has 0 saturated carbocycles. The molecule has 0 saturated heterocycles. The fourth-order valence-electron chi connectivity index (χ4n) is 2.52. The molecule has 0 aliphatic heterocycles. The van der Waals surface area contributed by atoms with Crippen molar-refractivity contribution in [3.63, 3.8) is 0 Å².